The van der Waals surface area contributed by atoms with Crippen LogP contribution in [0.4, 0.5) is 0 Å². The lowest BCUT2D eigenvalue weighted by Crippen LogP contribution is -2.01. The maximum absolute atomic E-state index is 8.93. The Kier molecular flexibility index (Phi) is 6.12. The van der Waals surface area contributed by atoms with Crippen molar-refractivity contribution >= 4 is 65.3 Å². The van der Waals surface area contributed by atoms with E-state index >= 15 is 0 Å². The molecule has 0 saturated carbocycles. The molecule has 0 atom stereocenters. The molecule has 0 spiro atoms. The smallest absolute Gasteiger partial charge is 0.167 e. The Morgan fingerprint density at radius 1 is 0.397 bits per heavy atom. The molecule has 5 heteroatoms. The number of hydrogen-bond donors (Lipinski definition) is 0. The summed E-state index contributed by atoms with van der Waals surface area (Å²) >= 11 is 0. The van der Waals surface area contributed by atoms with Crippen LogP contribution in [0.2, 0.25) is 0 Å². The number of para-hydroxylation sites is 3. The Balaban J connectivity index is 1.21. The lowest BCUT2D eigenvalue weighted by Gasteiger charge is -2.12. The van der Waals surface area contributed by atoms with E-state index in [9.17, 15) is 0 Å². The van der Waals surface area contributed by atoms with Crippen molar-refractivity contribution in [2.75, 3.05) is 0 Å². The van der Waals surface area contributed by atoms with Crippen LogP contribution < -0.4 is 0 Å². The summed E-state index contributed by atoms with van der Waals surface area (Å²) in [4.78, 5) is 14.9. The zero-order chi connectivity index (χ0) is 42.5. The molecular formula is C53H32N4O. The van der Waals surface area contributed by atoms with Crippen molar-refractivity contribution in [2.24, 2.45) is 0 Å². The standard InChI is InChI=1S/C53H32N4O/c1-3-16-33(17-4-1)51-54-52(34-18-5-2-6-19-34)56-53(55-51)46-32-36(57-47-28-13-11-24-40(47)41-25-12-14-29-48(41)57)31-45-43-27-15-26-42(49(43)58-50(45)46)44-30-35-20-7-8-21-37(35)38-22-9-10-23-39(38)44/h1-32H/i1D,3D,4D,16D,17D. The summed E-state index contributed by atoms with van der Waals surface area (Å²) in [7, 11) is 0. The van der Waals surface area contributed by atoms with Crippen molar-refractivity contribution < 1.29 is 11.3 Å². The largest absolute Gasteiger partial charge is 0.455 e. The van der Waals surface area contributed by atoms with Crippen molar-refractivity contribution in [1.82, 2.24) is 19.5 Å². The minimum absolute atomic E-state index is 0.0503. The topological polar surface area (TPSA) is 56.7 Å². The van der Waals surface area contributed by atoms with Crippen molar-refractivity contribution in [3.63, 3.8) is 0 Å². The third-order valence-corrected chi connectivity index (χ3v) is 11.1. The van der Waals surface area contributed by atoms with Crippen molar-refractivity contribution in [3.05, 3.63) is 194 Å². The van der Waals surface area contributed by atoms with Crippen LogP contribution >= 0.6 is 0 Å². The van der Waals surface area contributed by atoms with Gasteiger partial charge in [0.05, 0.1) is 23.5 Å². The van der Waals surface area contributed by atoms with E-state index in [0.717, 1.165) is 65.6 Å². The minimum Gasteiger partial charge on any atom is -0.455 e. The van der Waals surface area contributed by atoms with Gasteiger partial charge in [-0.1, -0.05) is 164 Å². The number of benzene rings is 9. The van der Waals surface area contributed by atoms with Gasteiger partial charge in [-0.05, 0) is 57.4 Å². The molecule has 0 bridgehead atoms. The molecule has 3 aromatic heterocycles. The molecule has 0 aliphatic heterocycles. The summed E-state index contributed by atoms with van der Waals surface area (Å²) < 4.78 is 52.6. The molecular weight excluding hydrogens is 709 g/mol. The number of nitrogens with zero attached hydrogens (tertiary/aromatic N) is 4. The molecule has 270 valence electrons. The molecule has 58 heavy (non-hydrogen) atoms. The molecule has 3 heterocycles. The van der Waals surface area contributed by atoms with Crippen LogP contribution in [-0.2, 0) is 0 Å². The minimum atomic E-state index is -0.496. The molecule has 0 unspecified atom stereocenters. The second-order valence-electron chi connectivity index (χ2n) is 14.4. The molecule has 12 rings (SSSR count). The molecule has 5 nitrogen and oxygen atoms in total. The average molecular weight is 746 g/mol. The van der Waals surface area contributed by atoms with Crippen molar-refractivity contribution in [1.29, 1.82) is 0 Å². The van der Waals surface area contributed by atoms with Crippen molar-refractivity contribution in [3.8, 4) is 51.0 Å². The van der Waals surface area contributed by atoms with Crippen LogP contribution in [0.3, 0.4) is 0 Å². The van der Waals surface area contributed by atoms with E-state index in [1.54, 1.807) is 0 Å². The van der Waals surface area contributed by atoms with Gasteiger partial charge in [0, 0.05) is 43.9 Å². The van der Waals surface area contributed by atoms with Gasteiger partial charge in [0.2, 0.25) is 0 Å². The zero-order valence-electron chi connectivity index (χ0n) is 35.8. The summed E-state index contributed by atoms with van der Waals surface area (Å²) in [6, 6.07) is 53.3. The fourth-order valence-electron chi connectivity index (χ4n) is 8.56. The first-order valence-electron chi connectivity index (χ1n) is 21.6. The van der Waals surface area contributed by atoms with Crippen LogP contribution in [0.5, 0.6) is 0 Å². The van der Waals surface area contributed by atoms with Gasteiger partial charge < -0.3 is 8.98 Å². The third kappa shape index (κ3) is 5.00. The van der Waals surface area contributed by atoms with Gasteiger partial charge in [-0.2, -0.15) is 0 Å². The maximum atomic E-state index is 8.93. The second kappa shape index (κ2) is 12.8. The molecule has 0 radical (unpaired) electrons. The highest BCUT2D eigenvalue weighted by molar-refractivity contribution is 6.19. The Hall–Kier alpha value is -7.89. The molecule has 0 N–H and O–H groups in total. The first-order chi connectivity index (χ1) is 30.8. The Bertz CT molecular complexity index is 3800. The third-order valence-electron chi connectivity index (χ3n) is 11.1. The van der Waals surface area contributed by atoms with E-state index < -0.39 is 30.2 Å². The lowest BCUT2D eigenvalue weighted by atomic mass is 9.92. The average Bonchev–Trinajstić information content (AvgIpc) is 3.88. The number of rotatable bonds is 5. The summed E-state index contributed by atoms with van der Waals surface area (Å²) in [6.45, 7) is 0. The lowest BCUT2D eigenvalue weighted by molar-refractivity contribution is 0.670. The van der Waals surface area contributed by atoms with Crippen LogP contribution in [0, 0.1) is 0 Å². The first kappa shape index (κ1) is 27.7. The van der Waals surface area contributed by atoms with Gasteiger partial charge >= 0.3 is 0 Å². The van der Waals surface area contributed by atoms with E-state index in [0.29, 0.717) is 22.3 Å². The summed E-state index contributed by atoms with van der Waals surface area (Å²) in [5, 5.41) is 8.47. The summed E-state index contributed by atoms with van der Waals surface area (Å²) in [5.74, 6) is 0.443. The van der Waals surface area contributed by atoms with Crippen LogP contribution in [-0.4, -0.2) is 19.5 Å². The van der Waals surface area contributed by atoms with Gasteiger partial charge in [-0.3, -0.25) is 0 Å². The fourth-order valence-corrected chi connectivity index (χ4v) is 8.56. The molecule has 0 amide bonds. The predicted octanol–water partition coefficient (Wildman–Crippen LogP) is 13.8. The van der Waals surface area contributed by atoms with Gasteiger partial charge in [-0.25, -0.2) is 15.0 Å². The number of hydrogen-bond acceptors (Lipinski definition) is 4. The van der Waals surface area contributed by atoms with E-state index in [-0.39, 0.29) is 23.0 Å². The van der Waals surface area contributed by atoms with Crippen LogP contribution in [0.25, 0.3) is 116 Å². The molecule has 0 fully saturated rings. The van der Waals surface area contributed by atoms with Crippen LogP contribution in [0.1, 0.15) is 6.85 Å². The highest BCUT2D eigenvalue weighted by Crippen LogP contribution is 2.44. The highest BCUT2D eigenvalue weighted by Gasteiger charge is 2.23. The quantitative estimate of drug-likeness (QED) is 0.165. The predicted molar refractivity (Wildman–Crippen MR) is 238 cm³/mol. The summed E-state index contributed by atoms with van der Waals surface area (Å²) in [5.41, 5.74) is 7.14. The fraction of sp³-hybridized carbons (Fsp3) is 0. The maximum Gasteiger partial charge on any atom is 0.167 e. The van der Waals surface area contributed by atoms with E-state index in [1.165, 1.54) is 5.39 Å². The second-order valence-corrected chi connectivity index (χ2v) is 14.4. The van der Waals surface area contributed by atoms with E-state index in [2.05, 4.69) is 108 Å². The number of aromatic nitrogens is 4. The molecule has 0 saturated heterocycles. The zero-order valence-corrected chi connectivity index (χ0v) is 30.8. The van der Waals surface area contributed by atoms with Crippen molar-refractivity contribution in [2.45, 2.75) is 0 Å². The Labute approximate surface area is 340 Å². The number of furan rings is 1. The molecule has 12 aromatic rings. The first-order valence-corrected chi connectivity index (χ1v) is 19.1. The van der Waals surface area contributed by atoms with Gasteiger partial charge in [-0.15, -0.1) is 0 Å². The Morgan fingerprint density at radius 3 is 1.74 bits per heavy atom. The SMILES string of the molecule is [2H]c1c([2H])c([2H])c(-c2nc(-c3ccccc3)nc(-c3cc(-n4c5ccccc5c5ccccc54)cc4c3oc3c(-c5cc6ccccc6c6ccccc56)cccc34)n2)c([2H])c1[2H]. The van der Waals surface area contributed by atoms with Gasteiger partial charge in [0.1, 0.15) is 11.2 Å². The Morgan fingerprint density at radius 2 is 0.983 bits per heavy atom. The molecule has 9 aromatic carbocycles. The van der Waals surface area contributed by atoms with Gasteiger partial charge in [0.15, 0.2) is 17.5 Å². The molecule has 0 aliphatic rings. The van der Waals surface area contributed by atoms with E-state index in [4.69, 9.17) is 26.2 Å². The number of fused-ring (bicyclic) bond motifs is 9. The van der Waals surface area contributed by atoms with Crippen LogP contribution in [0.15, 0.2) is 198 Å². The van der Waals surface area contributed by atoms with E-state index in [1.807, 2.05) is 60.7 Å². The monoisotopic (exact) mass is 745 g/mol. The molecule has 0 aliphatic carbocycles. The van der Waals surface area contributed by atoms with Gasteiger partial charge in [0.25, 0.3) is 0 Å². The summed E-state index contributed by atoms with van der Waals surface area (Å²) in [6.07, 6.45) is 0. The highest BCUT2D eigenvalue weighted by atomic mass is 16.3. The normalized spacial score (nSPS) is 13.0.